The molecule has 0 aromatic carbocycles. The highest BCUT2D eigenvalue weighted by Gasteiger charge is 2.47. The SMILES string of the molecule is NC(CCCCO[C@H]1C(O)OC(C(=O)O)[C@@H](O)C1O)C(=O)O. The number of hydrogen-bond acceptors (Lipinski definition) is 8. The zero-order valence-corrected chi connectivity index (χ0v) is 11.7. The van der Waals surface area contributed by atoms with Crippen molar-refractivity contribution in [3.8, 4) is 0 Å². The first-order chi connectivity index (χ1) is 10.3. The fourth-order valence-electron chi connectivity index (χ4n) is 2.04. The number of aliphatic hydroxyl groups excluding tert-OH is 3. The Bertz CT molecular complexity index is 391. The lowest BCUT2D eigenvalue weighted by Gasteiger charge is -2.38. The molecule has 1 saturated heterocycles. The Morgan fingerprint density at radius 1 is 1.14 bits per heavy atom. The Balaban J connectivity index is 2.36. The zero-order chi connectivity index (χ0) is 16.9. The second-order valence-electron chi connectivity index (χ2n) is 5.04. The maximum absolute atomic E-state index is 10.8. The molecule has 0 spiro atoms. The van der Waals surface area contributed by atoms with Crippen molar-refractivity contribution in [2.24, 2.45) is 5.73 Å². The van der Waals surface area contributed by atoms with E-state index in [4.69, 9.17) is 25.4 Å². The Hall–Kier alpha value is -1.30. The smallest absolute Gasteiger partial charge is 0.335 e. The Labute approximate surface area is 126 Å². The van der Waals surface area contributed by atoms with E-state index in [2.05, 4.69) is 0 Å². The van der Waals surface area contributed by atoms with Crippen LogP contribution in [0.1, 0.15) is 19.3 Å². The van der Waals surface area contributed by atoms with Gasteiger partial charge in [0, 0.05) is 6.61 Å². The number of unbranched alkanes of at least 4 members (excludes halogenated alkanes) is 1. The van der Waals surface area contributed by atoms with Crippen molar-refractivity contribution in [2.45, 2.75) is 56.0 Å². The summed E-state index contributed by atoms with van der Waals surface area (Å²) in [5.74, 6) is -2.61. The molecule has 1 heterocycles. The third-order valence-electron chi connectivity index (χ3n) is 3.34. The minimum absolute atomic E-state index is 0.0545. The highest BCUT2D eigenvalue weighted by molar-refractivity contribution is 5.73. The number of aliphatic carboxylic acids is 2. The van der Waals surface area contributed by atoms with E-state index in [1.807, 2.05) is 0 Å². The molecule has 6 atom stereocenters. The van der Waals surface area contributed by atoms with Crippen LogP contribution in [0.5, 0.6) is 0 Å². The van der Waals surface area contributed by atoms with Crippen molar-refractivity contribution < 1.29 is 44.6 Å². The monoisotopic (exact) mass is 323 g/mol. The van der Waals surface area contributed by atoms with Crippen molar-refractivity contribution in [1.29, 1.82) is 0 Å². The van der Waals surface area contributed by atoms with Gasteiger partial charge in [0.2, 0.25) is 0 Å². The largest absolute Gasteiger partial charge is 0.480 e. The van der Waals surface area contributed by atoms with Gasteiger partial charge in [-0.05, 0) is 19.3 Å². The Morgan fingerprint density at radius 3 is 2.32 bits per heavy atom. The average Bonchev–Trinajstić information content (AvgIpc) is 2.44. The summed E-state index contributed by atoms with van der Waals surface area (Å²) in [5, 5.41) is 46.3. The Kier molecular flexibility index (Phi) is 7.13. The predicted octanol–water partition coefficient (Wildman–Crippen LogP) is -2.52. The van der Waals surface area contributed by atoms with E-state index in [0.717, 1.165) is 0 Å². The normalized spacial score (nSPS) is 33.4. The first-order valence-electron chi connectivity index (χ1n) is 6.78. The summed E-state index contributed by atoms with van der Waals surface area (Å²) in [4.78, 5) is 21.3. The summed E-state index contributed by atoms with van der Waals surface area (Å²) >= 11 is 0. The second kappa shape index (κ2) is 8.36. The molecule has 1 aliphatic heterocycles. The molecule has 0 bridgehead atoms. The second-order valence-corrected chi connectivity index (χ2v) is 5.04. The van der Waals surface area contributed by atoms with Crippen LogP contribution in [0.3, 0.4) is 0 Å². The molecule has 0 aliphatic carbocycles. The molecule has 0 aromatic rings. The first kappa shape index (κ1) is 18.7. The molecular formula is C12H21NO9. The van der Waals surface area contributed by atoms with Gasteiger partial charge in [-0.15, -0.1) is 0 Å². The highest BCUT2D eigenvalue weighted by atomic mass is 16.7. The van der Waals surface area contributed by atoms with Crippen LogP contribution in [0, 0.1) is 0 Å². The third kappa shape index (κ3) is 4.87. The summed E-state index contributed by atoms with van der Waals surface area (Å²) in [6.07, 6.45) is -6.96. The van der Waals surface area contributed by atoms with Crippen molar-refractivity contribution >= 4 is 11.9 Å². The molecule has 0 amide bonds. The van der Waals surface area contributed by atoms with Crippen molar-refractivity contribution in [2.75, 3.05) is 6.61 Å². The number of nitrogens with two attached hydrogens (primary N) is 1. The lowest BCUT2D eigenvalue weighted by Crippen LogP contribution is -2.60. The van der Waals surface area contributed by atoms with Crippen molar-refractivity contribution in [1.82, 2.24) is 0 Å². The van der Waals surface area contributed by atoms with Crippen molar-refractivity contribution in [3.63, 3.8) is 0 Å². The molecule has 4 unspecified atom stereocenters. The van der Waals surface area contributed by atoms with Crippen LogP contribution < -0.4 is 5.73 Å². The van der Waals surface area contributed by atoms with E-state index in [1.54, 1.807) is 0 Å². The molecule has 1 aliphatic rings. The summed E-state index contributed by atoms with van der Waals surface area (Å²) in [6.45, 7) is 0.0545. The van der Waals surface area contributed by atoms with Gasteiger partial charge in [0.15, 0.2) is 12.4 Å². The predicted molar refractivity (Wildman–Crippen MR) is 69.7 cm³/mol. The van der Waals surface area contributed by atoms with Gasteiger partial charge in [-0.2, -0.15) is 0 Å². The maximum Gasteiger partial charge on any atom is 0.335 e. The standard InChI is InChI=1S/C12H21NO9/c13-5(10(16)17)3-1-2-4-21-9-7(15)6(14)8(11(18)19)22-12(9)20/h5-9,12,14-15,20H,1-4,13H2,(H,16,17)(H,18,19)/t5?,6-,7?,8?,9+,12?/m0/s1. The fourth-order valence-corrected chi connectivity index (χ4v) is 2.04. The minimum atomic E-state index is -1.74. The molecule has 1 rings (SSSR count). The van der Waals surface area contributed by atoms with E-state index in [-0.39, 0.29) is 13.0 Å². The average molecular weight is 323 g/mol. The van der Waals surface area contributed by atoms with Gasteiger partial charge in [0.05, 0.1) is 0 Å². The first-order valence-corrected chi connectivity index (χ1v) is 6.78. The van der Waals surface area contributed by atoms with Gasteiger partial charge in [-0.3, -0.25) is 4.79 Å². The van der Waals surface area contributed by atoms with Crippen LogP contribution in [0.25, 0.3) is 0 Å². The number of carboxylic acid groups (broad SMARTS) is 2. The van der Waals surface area contributed by atoms with Crippen molar-refractivity contribution in [3.05, 3.63) is 0 Å². The van der Waals surface area contributed by atoms with E-state index in [1.165, 1.54) is 0 Å². The van der Waals surface area contributed by atoms with Crippen LogP contribution in [0.15, 0.2) is 0 Å². The summed E-state index contributed by atoms with van der Waals surface area (Å²) in [5.41, 5.74) is 5.32. The van der Waals surface area contributed by atoms with E-state index in [0.29, 0.717) is 12.8 Å². The molecule has 0 aromatic heterocycles. The fraction of sp³-hybridized carbons (Fsp3) is 0.833. The number of carbonyl (C=O) groups is 2. The van der Waals surface area contributed by atoms with Crippen LogP contribution >= 0.6 is 0 Å². The van der Waals surface area contributed by atoms with Crippen LogP contribution in [-0.2, 0) is 19.1 Å². The number of ether oxygens (including phenoxy) is 2. The van der Waals surface area contributed by atoms with E-state index >= 15 is 0 Å². The lowest BCUT2D eigenvalue weighted by molar-refractivity contribution is -0.289. The zero-order valence-electron chi connectivity index (χ0n) is 11.7. The Morgan fingerprint density at radius 2 is 1.77 bits per heavy atom. The molecule has 7 N–H and O–H groups in total. The topological polar surface area (TPSA) is 180 Å². The van der Waals surface area contributed by atoms with Gasteiger partial charge in [0.1, 0.15) is 24.4 Å². The van der Waals surface area contributed by atoms with Crippen LogP contribution in [0.2, 0.25) is 0 Å². The molecule has 10 heteroatoms. The summed E-state index contributed by atoms with van der Waals surface area (Å²) in [6, 6.07) is -0.965. The molecule has 0 saturated carbocycles. The molecule has 10 nitrogen and oxygen atoms in total. The molecule has 128 valence electrons. The number of rotatable bonds is 8. The van der Waals surface area contributed by atoms with Gasteiger partial charge >= 0.3 is 11.9 Å². The molecule has 0 radical (unpaired) electrons. The number of carboxylic acids is 2. The van der Waals surface area contributed by atoms with Crippen LogP contribution in [-0.4, -0.2) is 80.8 Å². The number of aliphatic hydroxyl groups is 3. The third-order valence-corrected chi connectivity index (χ3v) is 3.34. The maximum atomic E-state index is 10.8. The highest BCUT2D eigenvalue weighted by Crippen LogP contribution is 2.22. The van der Waals surface area contributed by atoms with Gasteiger partial charge in [0.25, 0.3) is 0 Å². The minimum Gasteiger partial charge on any atom is -0.480 e. The van der Waals surface area contributed by atoms with Crippen LogP contribution in [0.4, 0.5) is 0 Å². The molecular weight excluding hydrogens is 302 g/mol. The van der Waals surface area contributed by atoms with Gasteiger partial charge in [-0.25, -0.2) is 4.79 Å². The summed E-state index contributed by atoms with van der Waals surface area (Å²) < 4.78 is 9.88. The van der Waals surface area contributed by atoms with E-state index < -0.39 is 48.7 Å². The number of hydrogen-bond donors (Lipinski definition) is 6. The van der Waals surface area contributed by atoms with Gasteiger partial charge < -0.3 is 40.7 Å². The van der Waals surface area contributed by atoms with E-state index in [9.17, 15) is 24.9 Å². The lowest BCUT2D eigenvalue weighted by atomic mass is 9.99. The van der Waals surface area contributed by atoms with Gasteiger partial charge in [-0.1, -0.05) is 0 Å². The summed E-state index contributed by atoms with van der Waals surface area (Å²) in [7, 11) is 0. The molecule has 22 heavy (non-hydrogen) atoms. The quantitative estimate of drug-likeness (QED) is 0.261. The molecule has 1 fully saturated rings.